The standard InChI is InChI=1S/C18H19ClN2O5/c1-9(22)13-10(2)25-16(14(13)15(20)23)21-17(24)18(3,4)26-12-7-5-11(19)6-8-12/h5-8H,1-4H3,(H2,20,23)(H,21,24). The number of hydrogen-bond donors (Lipinski definition) is 2. The molecule has 26 heavy (non-hydrogen) atoms. The molecular weight excluding hydrogens is 360 g/mol. The van der Waals surface area contributed by atoms with Gasteiger partial charge in [-0.1, -0.05) is 11.6 Å². The first-order valence-electron chi connectivity index (χ1n) is 7.73. The molecule has 138 valence electrons. The quantitative estimate of drug-likeness (QED) is 0.748. The van der Waals surface area contributed by atoms with Gasteiger partial charge >= 0.3 is 0 Å². The van der Waals surface area contributed by atoms with Crippen LogP contribution in [0.1, 0.15) is 47.2 Å². The number of carbonyl (C=O) groups is 3. The zero-order valence-corrected chi connectivity index (χ0v) is 15.6. The summed E-state index contributed by atoms with van der Waals surface area (Å²) in [6, 6.07) is 6.50. The normalized spacial score (nSPS) is 11.1. The average molecular weight is 379 g/mol. The summed E-state index contributed by atoms with van der Waals surface area (Å²) in [6.07, 6.45) is 0. The first-order valence-corrected chi connectivity index (χ1v) is 8.11. The van der Waals surface area contributed by atoms with Crippen LogP contribution in [0.25, 0.3) is 0 Å². The molecule has 0 spiro atoms. The van der Waals surface area contributed by atoms with Gasteiger partial charge in [0.25, 0.3) is 11.8 Å². The summed E-state index contributed by atoms with van der Waals surface area (Å²) in [5, 5.41) is 3.01. The Morgan fingerprint density at radius 3 is 2.23 bits per heavy atom. The van der Waals surface area contributed by atoms with E-state index in [0.29, 0.717) is 10.8 Å². The Bertz CT molecular complexity index is 868. The summed E-state index contributed by atoms with van der Waals surface area (Å²) in [5.74, 6) is -1.41. The Morgan fingerprint density at radius 2 is 1.73 bits per heavy atom. The lowest BCUT2D eigenvalue weighted by Crippen LogP contribution is -2.42. The van der Waals surface area contributed by atoms with Crippen LogP contribution in [0.4, 0.5) is 5.88 Å². The van der Waals surface area contributed by atoms with Gasteiger partial charge in [0.1, 0.15) is 17.1 Å². The maximum absolute atomic E-state index is 12.6. The molecule has 0 aliphatic carbocycles. The monoisotopic (exact) mass is 378 g/mol. The number of halogens is 1. The zero-order chi connectivity index (χ0) is 19.6. The van der Waals surface area contributed by atoms with Crippen LogP contribution in [0.2, 0.25) is 5.02 Å². The SMILES string of the molecule is CC(=O)c1c(C)oc(NC(=O)C(C)(C)Oc2ccc(Cl)cc2)c1C(N)=O. The number of ether oxygens (including phenoxy) is 1. The van der Waals surface area contributed by atoms with Crippen molar-refractivity contribution in [3.8, 4) is 5.75 Å². The molecule has 0 saturated heterocycles. The Labute approximate surface area is 155 Å². The molecule has 0 bridgehead atoms. The molecule has 1 aromatic carbocycles. The third-order valence-electron chi connectivity index (χ3n) is 3.64. The van der Waals surface area contributed by atoms with Crippen molar-refractivity contribution in [2.24, 2.45) is 5.73 Å². The van der Waals surface area contributed by atoms with Gasteiger partial charge in [-0.05, 0) is 52.0 Å². The van der Waals surface area contributed by atoms with Crippen molar-refractivity contribution < 1.29 is 23.5 Å². The van der Waals surface area contributed by atoms with Gasteiger partial charge in [-0.15, -0.1) is 0 Å². The van der Waals surface area contributed by atoms with Gasteiger partial charge in [0, 0.05) is 5.02 Å². The number of benzene rings is 1. The van der Waals surface area contributed by atoms with Crippen molar-refractivity contribution in [3.63, 3.8) is 0 Å². The lowest BCUT2D eigenvalue weighted by Gasteiger charge is -2.25. The molecule has 2 rings (SSSR count). The van der Waals surface area contributed by atoms with E-state index in [4.69, 9.17) is 26.5 Å². The van der Waals surface area contributed by atoms with Crippen LogP contribution in [0.15, 0.2) is 28.7 Å². The minimum absolute atomic E-state index is 0.0456. The largest absolute Gasteiger partial charge is 0.478 e. The summed E-state index contributed by atoms with van der Waals surface area (Å²) in [7, 11) is 0. The molecule has 0 fully saturated rings. The number of nitrogens with one attached hydrogen (secondary N) is 1. The Balaban J connectivity index is 2.28. The van der Waals surface area contributed by atoms with Gasteiger partial charge in [-0.2, -0.15) is 0 Å². The molecule has 0 unspecified atom stereocenters. The lowest BCUT2D eigenvalue weighted by atomic mass is 10.1. The fourth-order valence-electron chi connectivity index (χ4n) is 2.39. The molecule has 3 N–H and O–H groups in total. The highest BCUT2D eigenvalue weighted by Crippen LogP contribution is 2.29. The van der Waals surface area contributed by atoms with Crippen LogP contribution in [0.3, 0.4) is 0 Å². The first-order chi connectivity index (χ1) is 12.0. The average Bonchev–Trinajstić information content (AvgIpc) is 2.85. The Morgan fingerprint density at radius 1 is 1.15 bits per heavy atom. The number of furan rings is 1. The topological polar surface area (TPSA) is 112 Å². The lowest BCUT2D eigenvalue weighted by molar-refractivity contribution is -0.128. The van der Waals surface area contributed by atoms with E-state index in [0.717, 1.165) is 0 Å². The predicted molar refractivity (Wildman–Crippen MR) is 96.8 cm³/mol. The number of aryl methyl sites for hydroxylation is 1. The molecule has 0 radical (unpaired) electrons. The molecule has 1 aromatic heterocycles. The van der Waals surface area contributed by atoms with Crippen LogP contribution in [0, 0.1) is 6.92 Å². The minimum atomic E-state index is -1.31. The molecule has 2 aromatic rings. The number of rotatable bonds is 6. The second-order valence-corrected chi connectivity index (χ2v) is 6.61. The number of amides is 2. The summed E-state index contributed by atoms with van der Waals surface area (Å²) in [5.41, 5.74) is 3.92. The molecule has 8 heteroatoms. The molecule has 0 saturated carbocycles. The maximum Gasteiger partial charge on any atom is 0.270 e. The second kappa shape index (κ2) is 7.21. The van der Waals surface area contributed by atoms with Crippen LogP contribution < -0.4 is 15.8 Å². The molecule has 0 atom stereocenters. The Kier molecular flexibility index (Phi) is 5.41. The third kappa shape index (κ3) is 4.05. The number of anilines is 1. The zero-order valence-electron chi connectivity index (χ0n) is 14.8. The predicted octanol–water partition coefficient (Wildman–Crippen LogP) is 3.34. The smallest absolute Gasteiger partial charge is 0.270 e. The molecule has 7 nitrogen and oxygen atoms in total. The van der Waals surface area contributed by atoms with Crippen molar-refractivity contribution in [1.29, 1.82) is 0 Å². The van der Waals surface area contributed by atoms with Crippen molar-refractivity contribution in [2.75, 3.05) is 5.32 Å². The van der Waals surface area contributed by atoms with Gasteiger partial charge in [0.15, 0.2) is 11.4 Å². The van der Waals surface area contributed by atoms with Crippen molar-refractivity contribution in [3.05, 3.63) is 46.2 Å². The second-order valence-electron chi connectivity index (χ2n) is 6.18. The third-order valence-corrected chi connectivity index (χ3v) is 3.90. The number of primary amides is 1. The van der Waals surface area contributed by atoms with Gasteiger partial charge < -0.3 is 14.9 Å². The highest BCUT2D eigenvalue weighted by atomic mass is 35.5. The van der Waals surface area contributed by atoms with Crippen LogP contribution in [-0.2, 0) is 4.79 Å². The highest BCUT2D eigenvalue weighted by Gasteiger charge is 2.33. The number of Topliss-reactive ketones (excluding diaryl/α,β-unsaturated/α-hetero) is 1. The van der Waals surface area contributed by atoms with E-state index in [1.54, 1.807) is 38.1 Å². The fourth-order valence-corrected chi connectivity index (χ4v) is 2.51. The molecular formula is C18H19ClN2O5. The van der Waals surface area contributed by atoms with Gasteiger partial charge in [-0.3, -0.25) is 19.7 Å². The summed E-state index contributed by atoms with van der Waals surface area (Å²) in [4.78, 5) is 36.1. The molecule has 0 aliphatic rings. The molecule has 1 heterocycles. The maximum atomic E-state index is 12.6. The summed E-state index contributed by atoms with van der Waals surface area (Å²) >= 11 is 5.82. The molecule has 0 aliphatic heterocycles. The van der Waals surface area contributed by atoms with E-state index in [1.165, 1.54) is 13.8 Å². The number of ketones is 1. The van der Waals surface area contributed by atoms with E-state index in [-0.39, 0.29) is 22.8 Å². The number of carbonyl (C=O) groups excluding carboxylic acids is 3. The van der Waals surface area contributed by atoms with Crippen LogP contribution >= 0.6 is 11.6 Å². The van der Waals surface area contributed by atoms with E-state index < -0.39 is 23.2 Å². The van der Waals surface area contributed by atoms with E-state index in [1.807, 2.05) is 0 Å². The fraction of sp³-hybridized carbons (Fsp3) is 0.278. The summed E-state index contributed by atoms with van der Waals surface area (Å²) in [6.45, 7) is 5.88. The first kappa shape index (κ1) is 19.5. The van der Waals surface area contributed by atoms with E-state index >= 15 is 0 Å². The van der Waals surface area contributed by atoms with Gasteiger partial charge in [0.2, 0.25) is 5.88 Å². The minimum Gasteiger partial charge on any atom is -0.478 e. The van der Waals surface area contributed by atoms with E-state index in [2.05, 4.69) is 5.32 Å². The summed E-state index contributed by atoms with van der Waals surface area (Å²) < 4.78 is 11.1. The molecule has 2 amide bonds. The van der Waals surface area contributed by atoms with Crippen molar-refractivity contribution in [1.82, 2.24) is 0 Å². The number of hydrogen-bond acceptors (Lipinski definition) is 5. The van der Waals surface area contributed by atoms with E-state index in [9.17, 15) is 14.4 Å². The van der Waals surface area contributed by atoms with Gasteiger partial charge in [0.05, 0.1) is 5.56 Å². The van der Waals surface area contributed by atoms with Crippen molar-refractivity contribution >= 4 is 35.1 Å². The van der Waals surface area contributed by atoms with Crippen molar-refractivity contribution in [2.45, 2.75) is 33.3 Å². The van der Waals surface area contributed by atoms with Crippen LogP contribution in [-0.4, -0.2) is 23.2 Å². The van der Waals surface area contributed by atoms with Crippen LogP contribution in [0.5, 0.6) is 5.75 Å². The highest BCUT2D eigenvalue weighted by molar-refractivity contribution is 6.30. The van der Waals surface area contributed by atoms with Gasteiger partial charge in [-0.25, -0.2) is 0 Å². The Hall–Kier alpha value is -2.80. The number of nitrogens with two attached hydrogens (primary N) is 1.